The largest absolute Gasteiger partial charge is 0.511 e. The standard InChI is InChI=1S/C8H10F6N2O4S2/c9-7(10,11)21(17,18)15-3-5-1-2-6(4-15)16(5)22(19,20)8(12,13)14/h5-6H,1-4H2/t5-,6+. The zero-order valence-electron chi connectivity index (χ0n) is 10.6. The average molecular weight is 376 g/mol. The van der Waals surface area contributed by atoms with Gasteiger partial charge in [0.15, 0.2) is 0 Å². The van der Waals surface area contributed by atoms with Gasteiger partial charge in [-0.15, -0.1) is 0 Å². The van der Waals surface area contributed by atoms with Gasteiger partial charge in [-0.1, -0.05) is 0 Å². The molecule has 130 valence electrons. The number of halogens is 6. The van der Waals surface area contributed by atoms with E-state index in [2.05, 4.69) is 0 Å². The van der Waals surface area contributed by atoms with E-state index in [1.54, 1.807) is 0 Å². The molecule has 0 aromatic carbocycles. The van der Waals surface area contributed by atoms with Crippen molar-refractivity contribution in [1.82, 2.24) is 8.61 Å². The molecule has 0 unspecified atom stereocenters. The summed E-state index contributed by atoms with van der Waals surface area (Å²) in [6, 6.07) is -2.91. The number of hydrogen-bond acceptors (Lipinski definition) is 4. The number of rotatable bonds is 2. The molecule has 0 aromatic heterocycles. The summed E-state index contributed by atoms with van der Waals surface area (Å²) in [5.74, 6) is 0. The smallest absolute Gasteiger partial charge is 0.203 e. The van der Waals surface area contributed by atoms with E-state index in [0.29, 0.717) is 0 Å². The molecule has 2 heterocycles. The summed E-state index contributed by atoms with van der Waals surface area (Å²) < 4.78 is 121. The van der Waals surface area contributed by atoms with Crippen molar-refractivity contribution in [2.45, 2.75) is 35.9 Å². The van der Waals surface area contributed by atoms with Gasteiger partial charge in [-0.2, -0.15) is 35.0 Å². The Morgan fingerprint density at radius 2 is 1.09 bits per heavy atom. The Morgan fingerprint density at radius 1 is 0.727 bits per heavy atom. The van der Waals surface area contributed by atoms with Crippen molar-refractivity contribution in [3.8, 4) is 0 Å². The van der Waals surface area contributed by atoms with Crippen LogP contribution in [0.1, 0.15) is 12.8 Å². The molecule has 0 radical (unpaired) electrons. The van der Waals surface area contributed by atoms with Gasteiger partial charge in [0.25, 0.3) is 0 Å². The van der Waals surface area contributed by atoms with Crippen LogP contribution >= 0.6 is 0 Å². The zero-order chi connectivity index (χ0) is 17.1. The molecule has 22 heavy (non-hydrogen) atoms. The molecular formula is C8H10F6N2O4S2. The van der Waals surface area contributed by atoms with Crippen LogP contribution in [0.5, 0.6) is 0 Å². The Bertz CT molecular complexity index is 641. The van der Waals surface area contributed by atoms with E-state index < -0.39 is 56.2 Å². The number of hydrogen-bond donors (Lipinski definition) is 0. The van der Waals surface area contributed by atoms with Crippen molar-refractivity contribution in [2.24, 2.45) is 0 Å². The predicted molar refractivity (Wildman–Crippen MR) is 60.2 cm³/mol. The Balaban J connectivity index is 2.32. The highest BCUT2D eigenvalue weighted by molar-refractivity contribution is 7.90. The second-order valence-electron chi connectivity index (χ2n) is 4.93. The number of sulfonamides is 2. The van der Waals surface area contributed by atoms with Crippen LogP contribution in [-0.4, -0.2) is 61.6 Å². The third-order valence-corrected chi connectivity index (χ3v) is 6.88. The number of alkyl halides is 6. The molecule has 2 saturated heterocycles. The Morgan fingerprint density at radius 3 is 1.41 bits per heavy atom. The Hall–Kier alpha value is -0.600. The quantitative estimate of drug-likeness (QED) is 0.670. The average Bonchev–Trinajstić information content (AvgIpc) is 2.58. The highest BCUT2D eigenvalue weighted by atomic mass is 32.2. The van der Waals surface area contributed by atoms with Crippen molar-refractivity contribution < 1.29 is 43.2 Å². The Labute approximate surface area is 121 Å². The first-order valence-electron chi connectivity index (χ1n) is 5.86. The fraction of sp³-hybridized carbons (Fsp3) is 1.00. The van der Waals surface area contributed by atoms with Gasteiger partial charge < -0.3 is 0 Å². The van der Waals surface area contributed by atoms with Crippen LogP contribution in [0.25, 0.3) is 0 Å². The summed E-state index contributed by atoms with van der Waals surface area (Å²) in [4.78, 5) is 0. The van der Waals surface area contributed by atoms with Crippen molar-refractivity contribution in [3.05, 3.63) is 0 Å². The predicted octanol–water partition coefficient (Wildman–Crippen LogP) is 0.834. The summed E-state index contributed by atoms with van der Waals surface area (Å²) in [6.45, 7) is -1.90. The van der Waals surface area contributed by atoms with Crippen molar-refractivity contribution in [2.75, 3.05) is 13.1 Å². The van der Waals surface area contributed by atoms with Gasteiger partial charge in [0.1, 0.15) is 0 Å². The van der Waals surface area contributed by atoms with E-state index in [-0.39, 0.29) is 21.5 Å². The first kappa shape index (κ1) is 17.7. The second-order valence-corrected chi connectivity index (χ2v) is 8.70. The van der Waals surface area contributed by atoms with E-state index in [9.17, 15) is 43.2 Å². The molecule has 0 N–H and O–H groups in total. The molecule has 2 rings (SSSR count). The summed E-state index contributed by atoms with van der Waals surface area (Å²) in [7, 11) is -11.4. The zero-order valence-corrected chi connectivity index (χ0v) is 12.2. The summed E-state index contributed by atoms with van der Waals surface area (Å²) in [5, 5.41) is 0. The van der Waals surface area contributed by atoms with Crippen LogP contribution in [0, 0.1) is 0 Å². The molecular weight excluding hydrogens is 366 g/mol. The van der Waals surface area contributed by atoms with E-state index in [1.165, 1.54) is 0 Å². The van der Waals surface area contributed by atoms with Gasteiger partial charge in [0.2, 0.25) is 0 Å². The van der Waals surface area contributed by atoms with Crippen LogP contribution in [0.2, 0.25) is 0 Å². The fourth-order valence-corrected chi connectivity index (χ4v) is 5.08. The maximum absolute atomic E-state index is 12.6. The van der Waals surface area contributed by atoms with Crippen molar-refractivity contribution >= 4 is 20.0 Å². The third-order valence-electron chi connectivity index (χ3n) is 3.58. The lowest BCUT2D eigenvalue weighted by Crippen LogP contribution is -2.60. The Kier molecular flexibility index (Phi) is 3.99. The molecule has 2 atom stereocenters. The molecule has 0 aromatic rings. The topological polar surface area (TPSA) is 74.8 Å². The lowest BCUT2D eigenvalue weighted by Gasteiger charge is -2.39. The molecule has 0 aliphatic carbocycles. The normalized spacial score (nSPS) is 29.0. The minimum Gasteiger partial charge on any atom is -0.203 e. The van der Waals surface area contributed by atoms with Gasteiger partial charge in [-0.3, -0.25) is 0 Å². The molecule has 0 amide bonds. The number of nitrogens with zero attached hydrogens (tertiary/aromatic N) is 2. The first-order chi connectivity index (χ1) is 9.69. The highest BCUT2D eigenvalue weighted by Crippen LogP contribution is 2.40. The number of piperazine rings is 1. The van der Waals surface area contributed by atoms with Gasteiger partial charge in [0, 0.05) is 25.2 Å². The summed E-state index contributed by atoms with van der Waals surface area (Å²) in [6.07, 6.45) is -0.270. The van der Waals surface area contributed by atoms with Gasteiger partial charge in [-0.25, -0.2) is 16.8 Å². The van der Waals surface area contributed by atoms with Crippen LogP contribution in [-0.2, 0) is 20.0 Å². The van der Waals surface area contributed by atoms with Gasteiger partial charge in [-0.05, 0) is 12.8 Å². The molecule has 2 bridgehead atoms. The first-order valence-corrected chi connectivity index (χ1v) is 8.74. The molecule has 6 nitrogen and oxygen atoms in total. The van der Waals surface area contributed by atoms with E-state index >= 15 is 0 Å². The third kappa shape index (κ3) is 2.59. The lowest BCUT2D eigenvalue weighted by molar-refractivity contribution is -0.0555. The maximum atomic E-state index is 12.6. The second kappa shape index (κ2) is 4.95. The maximum Gasteiger partial charge on any atom is 0.511 e. The molecule has 0 saturated carbocycles. The van der Waals surface area contributed by atoms with E-state index in [0.717, 1.165) is 0 Å². The fourth-order valence-electron chi connectivity index (χ4n) is 2.68. The van der Waals surface area contributed by atoms with Crippen LogP contribution < -0.4 is 0 Å². The SMILES string of the molecule is O=S(=O)(N1C[C@H]2CC[C@@H](C1)N2S(=O)(=O)C(F)(F)F)C(F)(F)F. The van der Waals surface area contributed by atoms with Gasteiger partial charge in [0.05, 0.1) is 0 Å². The van der Waals surface area contributed by atoms with Crippen LogP contribution in [0.4, 0.5) is 26.3 Å². The minimum atomic E-state index is -5.71. The minimum absolute atomic E-state index is 0.00225. The van der Waals surface area contributed by atoms with Crippen LogP contribution in [0.3, 0.4) is 0 Å². The molecule has 2 aliphatic heterocycles. The van der Waals surface area contributed by atoms with E-state index in [1.807, 2.05) is 0 Å². The summed E-state index contributed by atoms with van der Waals surface area (Å²) >= 11 is 0. The molecule has 2 fully saturated rings. The van der Waals surface area contributed by atoms with Gasteiger partial charge >= 0.3 is 31.1 Å². The molecule has 14 heteroatoms. The summed E-state index contributed by atoms with van der Waals surface area (Å²) in [5.41, 5.74) is -11.2. The molecule has 2 aliphatic rings. The highest BCUT2D eigenvalue weighted by Gasteiger charge is 2.60. The van der Waals surface area contributed by atoms with E-state index in [4.69, 9.17) is 0 Å². The van der Waals surface area contributed by atoms with Crippen molar-refractivity contribution in [1.29, 1.82) is 0 Å². The number of fused-ring (bicyclic) bond motifs is 2. The molecule has 0 spiro atoms. The lowest BCUT2D eigenvalue weighted by atomic mass is 10.2. The van der Waals surface area contributed by atoms with Crippen molar-refractivity contribution in [3.63, 3.8) is 0 Å². The van der Waals surface area contributed by atoms with Crippen LogP contribution in [0.15, 0.2) is 0 Å². The monoisotopic (exact) mass is 376 g/mol.